The second kappa shape index (κ2) is 8.86. The summed E-state index contributed by atoms with van der Waals surface area (Å²) in [7, 11) is 0. The van der Waals surface area contributed by atoms with Gasteiger partial charge in [-0.05, 0) is 74.5 Å². The van der Waals surface area contributed by atoms with Crippen LogP contribution in [-0.2, 0) is 0 Å². The minimum Gasteiger partial charge on any atom is -0.491 e. The van der Waals surface area contributed by atoms with Crippen molar-refractivity contribution >= 4 is 23.2 Å². The maximum absolute atomic E-state index is 12.4. The summed E-state index contributed by atoms with van der Waals surface area (Å²) in [5.74, 6) is 0.336. The summed E-state index contributed by atoms with van der Waals surface area (Å²) in [6.07, 6.45) is 0.0839. The molecule has 0 spiro atoms. The molecule has 3 aromatic rings. The zero-order valence-corrected chi connectivity index (χ0v) is 15.8. The van der Waals surface area contributed by atoms with E-state index in [0.717, 1.165) is 5.75 Å². The molecular weight excluding hydrogens is 352 g/mol. The molecule has 0 atom stereocenters. The third kappa shape index (κ3) is 5.20. The van der Waals surface area contributed by atoms with Crippen LogP contribution in [0.3, 0.4) is 0 Å². The van der Waals surface area contributed by atoms with Crippen molar-refractivity contribution in [1.29, 1.82) is 0 Å². The van der Waals surface area contributed by atoms with E-state index in [2.05, 4.69) is 10.6 Å². The highest BCUT2D eigenvalue weighted by atomic mass is 16.5. The zero-order valence-electron chi connectivity index (χ0n) is 15.8. The Morgan fingerprint density at radius 2 is 1.14 bits per heavy atom. The highest BCUT2D eigenvalue weighted by molar-refractivity contribution is 6.05. The summed E-state index contributed by atoms with van der Waals surface area (Å²) in [5.41, 5.74) is 2.43. The van der Waals surface area contributed by atoms with Gasteiger partial charge in [-0.3, -0.25) is 9.59 Å². The first kappa shape index (κ1) is 19.2. The van der Waals surface area contributed by atoms with Gasteiger partial charge in [0.25, 0.3) is 11.8 Å². The van der Waals surface area contributed by atoms with E-state index in [1.807, 2.05) is 32.0 Å². The van der Waals surface area contributed by atoms with E-state index in [0.29, 0.717) is 22.5 Å². The number of rotatable bonds is 6. The summed E-state index contributed by atoms with van der Waals surface area (Å²) < 4.78 is 5.58. The van der Waals surface area contributed by atoms with E-state index in [9.17, 15) is 9.59 Å². The maximum Gasteiger partial charge on any atom is 0.255 e. The lowest BCUT2D eigenvalue weighted by molar-refractivity contribution is 0.101. The molecule has 0 unspecified atom stereocenters. The first-order valence-electron chi connectivity index (χ1n) is 9.06. The maximum atomic E-state index is 12.4. The molecule has 5 heteroatoms. The van der Waals surface area contributed by atoms with Gasteiger partial charge >= 0.3 is 0 Å². The lowest BCUT2D eigenvalue weighted by Gasteiger charge is -2.11. The molecular formula is C23H22N2O3. The largest absolute Gasteiger partial charge is 0.491 e. The van der Waals surface area contributed by atoms with Crippen molar-refractivity contribution in [2.24, 2.45) is 0 Å². The molecule has 0 heterocycles. The average molecular weight is 374 g/mol. The molecule has 0 aromatic heterocycles. The van der Waals surface area contributed by atoms with E-state index in [1.54, 1.807) is 60.7 Å². The van der Waals surface area contributed by atoms with Gasteiger partial charge in [0.1, 0.15) is 5.75 Å². The van der Waals surface area contributed by atoms with Crippen LogP contribution in [0.15, 0.2) is 78.9 Å². The lowest BCUT2D eigenvalue weighted by atomic mass is 10.2. The van der Waals surface area contributed by atoms with Crippen LogP contribution in [0.2, 0.25) is 0 Å². The van der Waals surface area contributed by atoms with Crippen molar-refractivity contribution in [3.05, 3.63) is 90.0 Å². The predicted molar refractivity (Wildman–Crippen MR) is 111 cm³/mol. The van der Waals surface area contributed by atoms with Crippen LogP contribution in [0.1, 0.15) is 34.6 Å². The van der Waals surface area contributed by atoms with E-state index >= 15 is 0 Å². The van der Waals surface area contributed by atoms with Crippen molar-refractivity contribution in [1.82, 2.24) is 0 Å². The SMILES string of the molecule is CC(C)Oc1ccc(C(=O)Nc2ccc(NC(=O)c3ccccc3)cc2)cc1. The number of carbonyl (C=O) groups is 2. The Morgan fingerprint density at radius 3 is 1.61 bits per heavy atom. The third-order valence-corrected chi connectivity index (χ3v) is 3.92. The van der Waals surface area contributed by atoms with Gasteiger partial charge in [-0.25, -0.2) is 0 Å². The normalized spacial score (nSPS) is 10.4. The number of anilines is 2. The molecule has 0 aliphatic carbocycles. The minimum absolute atomic E-state index is 0.0839. The van der Waals surface area contributed by atoms with Gasteiger partial charge in [0.15, 0.2) is 0 Å². The average Bonchev–Trinajstić information content (AvgIpc) is 2.70. The van der Waals surface area contributed by atoms with Crippen LogP contribution in [0.5, 0.6) is 5.75 Å². The van der Waals surface area contributed by atoms with Crippen LogP contribution in [0.4, 0.5) is 11.4 Å². The van der Waals surface area contributed by atoms with E-state index < -0.39 is 0 Å². The molecule has 0 aliphatic rings. The van der Waals surface area contributed by atoms with Crippen molar-refractivity contribution in [2.45, 2.75) is 20.0 Å². The second-order valence-corrected chi connectivity index (χ2v) is 6.54. The number of benzene rings is 3. The van der Waals surface area contributed by atoms with E-state index in [1.165, 1.54) is 0 Å². The predicted octanol–water partition coefficient (Wildman–Crippen LogP) is 4.98. The molecule has 28 heavy (non-hydrogen) atoms. The van der Waals surface area contributed by atoms with Crippen molar-refractivity contribution < 1.29 is 14.3 Å². The molecule has 2 N–H and O–H groups in total. The molecule has 142 valence electrons. The Morgan fingerprint density at radius 1 is 0.679 bits per heavy atom. The number of ether oxygens (including phenoxy) is 1. The number of hydrogen-bond donors (Lipinski definition) is 2. The molecule has 5 nitrogen and oxygen atoms in total. The Balaban J connectivity index is 1.59. The summed E-state index contributed by atoms with van der Waals surface area (Å²) in [6.45, 7) is 3.90. The van der Waals surface area contributed by atoms with Crippen LogP contribution >= 0.6 is 0 Å². The van der Waals surface area contributed by atoms with Gasteiger partial charge in [0.05, 0.1) is 6.10 Å². The fraction of sp³-hybridized carbons (Fsp3) is 0.130. The van der Waals surface area contributed by atoms with Gasteiger partial charge in [-0.2, -0.15) is 0 Å². The van der Waals surface area contributed by atoms with Gasteiger partial charge in [-0.15, -0.1) is 0 Å². The Labute approximate surface area is 164 Å². The minimum atomic E-state index is -0.211. The molecule has 0 saturated carbocycles. The summed E-state index contributed by atoms with van der Waals surface area (Å²) in [6, 6.07) is 23.0. The number of nitrogens with one attached hydrogen (secondary N) is 2. The van der Waals surface area contributed by atoms with Gasteiger partial charge in [0.2, 0.25) is 0 Å². The smallest absolute Gasteiger partial charge is 0.255 e. The Bertz CT molecular complexity index is 934. The lowest BCUT2D eigenvalue weighted by Crippen LogP contribution is -2.13. The first-order chi connectivity index (χ1) is 13.5. The molecule has 0 aliphatic heterocycles. The second-order valence-electron chi connectivity index (χ2n) is 6.54. The topological polar surface area (TPSA) is 67.4 Å². The molecule has 0 bridgehead atoms. The molecule has 0 radical (unpaired) electrons. The van der Waals surface area contributed by atoms with Crippen molar-refractivity contribution in [2.75, 3.05) is 10.6 Å². The number of amides is 2. The summed E-state index contributed by atoms with van der Waals surface area (Å²) in [5, 5.41) is 5.66. The van der Waals surface area contributed by atoms with Crippen LogP contribution < -0.4 is 15.4 Å². The highest BCUT2D eigenvalue weighted by Gasteiger charge is 2.08. The molecule has 3 rings (SSSR count). The Hall–Kier alpha value is -3.60. The van der Waals surface area contributed by atoms with Gasteiger partial charge in [0, 0.05) is 22.5 Å². The monoisotopic (exact) mass is 374 g/mol. The quantitative estimate of drug-likeness (QED) is 0.639. The molecule has 3 aromatic carbocycles. The Kier molecular flexibility index (Phi) is 6.07. The number of hydrogen-bond acceptors (Lipinski definition) is 3. The molecule has 0 fully saturated rings. The van der Waals surface area contributed by atoms with E-state index in [-0.39, 0.29) is 17.9 Å². The zero-order chi connectivity index (χ0) is 19.9. The molecule has 0 saturated heterocycles. The number of carbonyl (C=O) groups excluding carboxylic acids is 2. The molecule has 2 amide bonds. The van der Waals surface area contributed by atoms with Crippen LogP contribution in [0, 0.1) is 0 Å². The highest BCUT2D eigenvalue weighted by Crippen LogP contribution is 2.18. The van der Waals surface area contributed by atoms with Gasteiger partial charge < -0.3 is 15.4 Å². The summed E-state index contributed by atoms with van der Waals surface area (Å²) >= 11 is 0. The fourth-order valence-electron chi connectivity index (χ4n) is 2.59. The van der Waals surface area contributed by atoms with Gasteiger partial charge in [-0.1, -0.05) is 18.2 Å². The van der Waals surface area contributed by atoms with Crippen LogP contribution in [0.25, 0.3) is 0 Å². The standard InChI is InChI=1S/C23H22N2O3/c1-16(2)28-21-14-8-18(9-15-21)23(27)25-20-12-10-19(11-13-20)24-22(26)17-6-4-3-5-7-17/h3-16H,1-2H3,(H,24,26)(H,25,27). The first-order valence-corrected chi connectivity index (χ1v) is 9.06. The fourth-order valence-corrected chi connectivity index (χ4v) is 2.59. The van der Waals surface area contributed by atoms with Crippen LogP contribution in [-0.4, -0.2) is 17.9 Å². The van der Waals surface area contributed by atoms with Crippen molar-refractivity contribution in [3.63, 3.8) is 0 Å². The summed E-state index contributed by atoms with van der Waals surface area (Å²) in [4.78, 5) is 24.5. The van der Waals surface area contributed by atoms with E-state index in [4.69, 9.17) is 4.74 Å². The van der Waals surface area contributed by atoms with Crippen molar-refractivity contribution in [3.8, 4) is 5.75 Å². The third-order valence-electron chi connectivity index (χ3n) is 3.92.